The SMILES string of the molecule is CCc1c2c(cc3c4ccc5c6ccc7c8c(CC)c9c(cc8c8ccc(c%10ccc(c13)c4c5%10)c6c87)c1cccc3cccc9c31)c1cccc3cccc2c31. The third kappa shape index (κ3) is 2.94. The van der Waals surface area contributed by atoms with Crippen molar-refractivity contribution in [1.29, 1.82) is 0 Å². The van der Waals surface area contributed by atoms with Crippen LogP contribution in [0.15, 0.2) is 133 Å². The van der Waals surface area contributed by atoms with Crippen LogP contribution in [-0.4, -0.2) is 0 Å². The average molecular weight is 705 g/mol. The smallest absolute Gasteiger partial charge is 0.00138 e. The number of rotatable bonds is 2. The lowest BCUT2D eigenvalue weighted by Gasteiger charge is -2.15. The maximum Gasteiger partial charge on any atom is -0.00138 e. The summed E-state index contributed by atoms with van der Waals surface area (Å²) in [5.41, 5.74) is 2.98. The van der Waals surface area contributed by atoms with Crippen molar-refractivity contribution >= 4 is 151 Å². The summed E-state index contributed by atoms with van der Waals surface area (Å²) >= 11 is 0. The van der Waals surface area contributed by atoms with Crippen molar-refractivity contribution in [3.63, 3.8) is 0 Å². The Kier molecular flexibility index (Phi) is 4.79. The van der Waals surface area contributed by atoms with E-state index in [1.54, 1.807) is 0 Å². The zero-order valence-electron chi connectivity index (χ0n) is 31.1. The molecule has 256 valence electrons. The molecule has 15 aromatic carbocycles. The van der Waals surface area contributed by atoms with E-state index in [4.69, 9.17) is 0 Å². The van der Waals surface area contributed by atoms with Gasteiger partial charge in [-0.25, -0.2) is 0 Å². The van der Waals surface area contributed by atoms with E-state index in [2.05, 4.69) is 147 Å². The number of aryl methyl sites for hydroxylation is 2. The van der Waals surface area contributed by atoms with Crippen LogP contribution < -0.4 is 0 Å². The number of hydrogen-bond acceptors (Lipinski definition) is 0. The van der Waals surface area contributed by atoms with Gasteiger partial charge >= 0.3 is 0 Å². The lowest BCUT2D eigenvalue weighted by Crippen LogP contribution is -1.87. The molecule has 0 amide bonds. The summed E-state index contributed by atoms with van der Waals surface area (Å²) < 4.78 is 0. The van der Waals surface area contributed by atoms with Crippen molar-refractivity contribution < 1.29 is 0 Å². The van der Waals surface area contributed by atoms with Crippen LogP contribution in [0.1, 0.15) is 25.0 Å². The van der Waals surface area contributed by atoms with Crippen LogP contribution in [0, 0.1) is 0 Å². The minimum Gasteiger partial charge on any atom is -0.0612 e. The van der Waals surface area contributed by atoms with Crippen molar-refractivity contribution in [3.8, 4) is 0 Å². The van der Waals surface area contributed by atoms with Gasteiger partial charge < -0.3 is 0 Å². The van der Waals surface area contributed by atoms with E-state index in [0.29, 0.717) is 0 Å². The Labute approximate surface area is 320 Å². The van der Waals surface area contributed by atoms with Crippen molar-refractivity contribution in [2.75, 3.05) is 0 Å². The molecule has 0 nitrogen and oxygen atoms in total. The number of fused-ring (bicyclic) bond motifs is 14. The lowest BCUT2D eigenvalue weighted by atomic mass is 9.87. The highest BCUT2D eigenvalue weighted by Gasteiger charge is 2.26. The fourth-order valence-electron chi connectivity index (χ4n) is 12.6. The monoisotopic (exact) mass is 704 g/mol. The Balaban J connectivity index is 1.11. The molecule has 0 spiro atoms. The molecule has 15 rings (SSSR count). The first-order valence-corrected chi connectivity index (χ1v) is 20.4. The Hall–Kier alpha value is -6.76. The molecule has 0 aromatic heterocycles. The molecule has 0 N–H and O–H groups in total. The minimum absolute atomic E-state index is 0.998. The van der Waals surface area contributed by atoms with Gasteiger partial charge in [0.1, 0.15) is 0 Å². The molecular formula is C56H32. The van der Waals surface area contributed by atoms with Crippen LogP contribution in [-0.2, 0) is 12.8 Å². The number of hydrogen-bond donors (Lipinski definition) is 0. The van der Waals surface area contributed by atoms with Crippen LogP contribution in [0.3, 0.4) is 0 Å². The van der Waals surface area contributed by atoms with E-state index in [0.717, 1.165) is 12.8 Å². The highest BCUT2D eigenvalue weighted by atomic mass is 14.3. The highest BCUT2D eigenvalue weighted by molar-refractivity contribution is 6.48. The van der Waals surface area contributed by atoms with Crippen molar-refractivity contribution in [2.24, 2.45) is 0 Å². The molecule has 0 aliphatic rings. The molecule has 15 aromatic rings. The summed E-state index contributed by atoms with van der Waals surface area (Å²) in [6.45, 7) is 4.71. The Morgan fingerprint density at radius 3 is 0.821 bits per heavy atom. The predicted molar refractivity (Wildman–Crippen MR) is 246 cm³/mol. The fraction of sp³-hybridized carbons (Fsp3) is 0.0714. The van der Waals surface area contributed by atoms with E-state index in [1.165, 1.54) is 162 Å². The standard InChI is InChI=1S/C56H32/c1-3-29-49-39-15-7-11-27-9-5-13-31(47(27)39)43(49)25-45-37-19-17-33-36-22-24-42-52-30(4-2)50-40-16-8-12-28-10-6-14-32(48(28)40)44(50)26-46(52)38-20-18-34(54(36)56(38)42)35-21-23-41(51(29)45)55(37)53(33)35/h5-26H,3-4H2,1-2H3. The molecule has 0 bridgehead atoms. The summed E-state index contributed by atoms with van der Waals surface area (Å²) in [4.78, 5) is 0. The lowest BCUT2D eigenvalue weighted by molar-refractivity contribution is 1.18. The van der Waals surface area contributed by atoms with E-state index < -0.39 is 0 Å². The summed E-state index contributed by atoms with van der Waals surface area (Å²) in [5.74, 6) is 0. The van der Waals surface area contributed by atoms with Crippen LogP contribution in [0.5, 0.6) is 0 Å². The Bertz CT molecular complexity index is 3910. The predicted octanol–water partition coefficient (Wildman–Crippen LogP) is 16.1. The highest BCUT2D eigenvalue weighted by Crippen LogP contribution is 2.54. The largest absolute Gasteiger partial charge is 0.0612 e. The maximum atomic E-state index is 2.53. The second-order valence-corrected chi connectivity index (χ2v) is 16.7. The van der Waals surface area contributed by atoms with E-state index in [-0.39, 0.29) is 0 Å². The van der Waals surface area contributed by atoms with Gasteiger partial charge in [-0.1, -0.05) is 135 Å². The molecule has 0 fully saturated rings. The van der Waals surface area contributed by atoms with E-state index in [1.807, 2.05) is 0 Å². The van der Waals surface area contributed by atoms with Crippen LogP contribution in [0.4, 0.5) is 0 Å². The Morgan fingerprint density at radius 1 is 0.232 bits per heavy atom. The van der Waals surface area contributed by atoms with E-state index >= 15 is 0 Å². The van der Waals surface area contributed by atoms with E-state index in [9.17, 15) is 0 Å². The average Bonchev–Trinajstić information content (AvgIpc) is 3.96. The molecule has 0 saturated heterocycles. The van der Waals surface area contributed by atoms with Gasteiger partial charge in [0.2, 0.25) is 0 Å². The molecule has 0 aliphatic carbocycles. The third-order valence-electron chi connectivity index (χ3n) is 14.5. The summed E-state index contributed by atoms with van der Waals surface area (Å²) in [6.07, 6.45) is 2.00. The molecule has 0 aliphatic heterocycles. The second kappa shape index (κ2) is 9.36. The maximum absolute atomic E-state index is 2.53. The zero-order valence-corrected chi connectivity index (χ0v) is 31.1. The third-order valence-corrected chi connectivity index (χ3v) is 14.5. The first-order chi connectivity index (χ1) is 27.7. The van der Waals surface area contributed by atoms with Crippen LogP contribution >= 0.6 is 0 Å². The molecule has 0 atom stereocenters. The molecule has 56 heavy (non-hydrogen) atoms. The molecule has 0 radical (unpaired) electrons. The van der Waals surface area contributed by atoms with Crippen molar-refractivity contribution in [3.05, 3.63) is 145 Å². The summed E-state index contributed by atoms with van der Waals surface area (Å²) in [6, 6.07) is 52.1. The zero-order chi connectivity index (χ0) is 36.3. The van der Waals surface area contributed by atoms with Crippen LogP contribution in [0.2, 0.25) is 0 Å². The van der Waals surface area contributed by atoms with Gasteiger partial charge in [0.25, 0.3) is 0 Å². The fourth-order valence-corrected chi connectivity index (χ4v) is 12.6. The number of benzene rings is 11. The summed E-state index contributed by atoms with van der Waals surface area (Å²) in [5, 5.41) is 39.2. The van der Waals surface area contributed by atoms with Gasteiger partial charge in [-0.05, 0) is 187 Å². The quantitative estimate of drug-likeness (QED) is 0.124. The van der Waals surface area contributed by atoms with Gasteiger partial charge in [-0.2, -0.15) is 0 Å². The topological polar surface area (TPSA) is 0 Å². The van der Waals surface area contributed by atoms with Gasteiger partial charge in [0.15, 0.2) is 0 Å². The van der Waals surface area contributed by atoms with Crippen molar-refractivity contribution in [2.45, 2.75) is 26.7 Å². The van der Waals surface area contributed by atoms with Gasteiger partial charge in [-0.3, -0.25) is 0 Å². The first-order valence-electron chi connectivity index (χ1n) is 20.4. The van der Waals surface area contributed by atoms with Gasteiger partial charge in [-0.15, -0.1) is 0 Å². The Morgan fingerprint density at radius 2 is 0.482 bits per heavy atom. The molecular weight excluding hydrogens is 673 g/mol. The first kappa shape index (κ1) is 28.7. The minimum atomic E-state index is 0.998. The molecule has 0 heteroatoms. The molecule has 0 saturated carbocycles. The second-order valence-electron chi connectivity index (χ2n) is 16.7. The molecule has 0 unspecified atom stereocenters. The van der Waals surface area contributed by atoms with Crippen molar-refractivity contribution in [1.82, 2.24) is 0 Å². The van der Waals surface area contributed by atoms with Gasteiger partial charge in [0, 0.05) is 0 Å². The normalized spacial score (nSPS) is 13.3. The molecule has 0 heterocycles. The summed E-state index contributed by atoms with van der Waals surface area (Å²) in [7, 11) is 0. The van der Waals surface area contributed by atoms with Crippen LogP contribution in [0.25, 0.3) is 151 Å². The van der Waals surface area contributed by atoms with Gasteiger partial charge in [0.05, 0.1) is 0 Å².